The van der Waals surface area contributed by atoms with E-state index < -0.39 is 30.6 Å². The molecular formula is C14H27F3O4. The first-order valence-corrected chi connectivity index (χ1v) is 7.49. The fourth-order valence-electron chi connectivity index (χ4n) is 2.10. The quantitative estimate of drug-likeness (QED) is 0.440. The predicted molar refractivity (Wildman–Crippen MR) is 72.7 cm³/mol. The third-order valence-corrected chi connectivity index (χ3v) is 3.48. The Morgan fingerprint density at radius 2 is 1.24 bits per heavy atom. The van der Waals surface area contributed by atoms with Crippen LogP contribution in [0.1, 0.15) is 58.3 Å². The van der Waals surface area contributed by atoms with Crippen LogP contribution in [0.3, 0.4) is 0 Å². The molecule has 0 aliphatic heterocycles. The van der Waals surface area contributed by atoms with Gasteiger partial charge >= 0.3 is 6.18 Å². The summed E-state index contributed by atoms with van der Waals surface area (Å²) < 4.78 is 36.1. The van der Waals surface area contributed by atoms with Crippen LogP contribution in [-0.4, -0.2) is 51.0 Å². The first-order valence-electron chi connectivity index (χ1n) is 7.49. The van der Waals surface area contributed by atoms with Gasteiger partial charge in [-0.15, -0.1) is 0 Å². The second-order valence-corrected chi connectivity index (χ2v) is 5.46. The normalized spacial score (nSPS) is 18.3. The van der Waals surface area contributed by atoms with Crippen LogP contribution < -0.4 is 0 Å². The molecule has 0 fully saturated rings. The minimum atomic E-state index is -4.56. The Kier molecular flexibility index (Phi) is 10.2. The van der Waals surface area contributed by atoms with Gasteiger partial charge in [0.15, 0.2) is 0 Å². The number of alkyl halides is 3. The van der Waals surface area contributed by atoms with E-state index in [1.807, 2.05) is 6.92 Å². The lowest BCUT2D eigenvalue weighted by Gasteiger charge is -2.22. The average Bonchev–Trinajstić information content (AvgIpc) is 2.40. The Hall–Kier alpha value is -0.370. The first-order chi connectivity index (χ1) is 9.70. The van der Waals surface area contributed by atoms with E-state index in [9.17, 15) is 28.5 Å². The number of halogens is 3. The largest absolute Gasteiger partial charge is 0.414 e. The molecule has 4 nitrogen and oxygen atoms in total. The Balaban J connectivity index is 3.67. The molecule has 0 aliphatic carbocycles. The maximum atomic E-state index is 12.0. The van der Waals surface area contributed by atoms with Crippen LogP contribution in [0.4, 0.5) is 13.2 Å². The number of rotatable bonds is 11. The van der Waals surface area contributed by atoms with Crippen molar-refractivity contribution >= 4 is 0 Å². The van der Waals surface area contributed by atoms with E-state index in [0.29, 0.717) is 38.5 Å². The number of hydrogen-bond acceptors (Lipinski definition) is 4. The van der Waals surface area contributed by atoms with Crippen molar-refractivity contribution in [1.82, 2.24) is 0 Å². The van der Waals surface area contributed by atoms with E-state index in [2.05, 4.69) is 0 Å². The van der Waals surface area contributed by atoms with Crippen LogP contribution in [0.2, 0.25) is 0 Å². The van der Waals surface area contributed by atoms with Gasteiger partial charge in [-0.2, -0.15) is 13.2 Å². The molecule has 0 amide bonds. The molecule has 0 saturated heterocycles. The number of aliphatic hydroxyl groups excluding tert-OH is 4. The summed E-state index contributed by atoms with van der Waals surface area (Å²) in [7, 11) is 0. The highest BCUT2D eigenvalue weighted by Crippen LogP contribution is 2.24. The van der Waals surface area contributed by atoms with Crippen molar-refractivity contribution in [1.29, 1.82) is 0 Å². The minimum absolute atomic E-state index is 0.262. The zero-order valence-electron chi connectivity index (χ0n) is 12.4. The lowest BCUT2D eigenvalue weighted by Crippen LogP contribution is -2.37. The molecule has 128 valence electrons. The van der Waals surface area contributed by atoms with Crippen LogP contribution >= 0.6 is 0 Å². The highest BCUT2D eigenvalue weighted by molar-refractivity contribution is 4.75. The van der Waals surface area contributed by atoms with Gasteiger partial charge in [0.25, 0.3) is 0 Å². The lowest BCUT2D eigenvalue weighted by atomic mass is 9.98. The predicted octanol–water partition coefficient (Wildman–Crippen LogP) is 2.13. The van der Waals surface area contributed by atoms with Gasteiger partial charge in [-0.25, -0.2) is 0 Å². The number of aliphatic hydroxyl groups is 4. The van der Waals surface area contributed by atoms with E-state index in [-0.39, 0.29) is 12.8 Å². The van der Waals surface area contributed by atoms with Gasteiger partial charge in [0.2, 0.25) is 0 Å². The third-order valence-electron chi connectivity index (χ3n) is 3.48. The second-order valence-electron chi connectivity index (χ2n) is 5.46. The van der Waals surface area contributed by atoms with Crippen molar-refractivity contribution in [3.63, 3.8) is 0 Å². The van der Waals surface area contributed by atoms with Crippen molar-refractivity contribution < 1.29 is 33.6 Å². The highest BCUT2D eigenvalue weighted by atomic mass is 19.4. The summed E-state index contributed by atoms with van der Waals surface area (Å²) >= 11 is 0. The van der Waals surface area contributed by atoms with E-state index in [1.165, 1.54) is 0 Å². The van der Waals surface area contributed by atoms with Gasteiger partial charge in [-0.05, 0) is 19.3 Å². The van der Waals surface area contributed by atoms with Crippen molar-refractivity contribution in [2.24, 2.45) is 0 Å². The fourth-order valence-corrected chi connectivity index (χ4v) is 2.10. The molecule has 7 heteroatoms. The Labute approximate surface area is 123 Å². The number of hydrogen-bond donors (Lipinski definition) is 4. The summed E-state index contributed by atoms with van der Waals surface area (Å²) in [5, 5.41) is 37.6. The van der Waals surface area contributed by atoms with Gasteiger partial charge in [0.1, 0.15) is 12.2 Å². The second kappa shape index (κ2) is 10.4. The van der Waals surface area contributed by atoms with E-state index in [1.54, 1.807) is 0 Å². The smallest absolute Gasteiger partial charge is 0.390 e. The Bertz CT molecular complexity index is 261. The minimum Gasteiger partial charge on any atom is -0.390 e. The first kappa shape index (κ1) is 20.6. The van der Waals surface area contributed by atoms with Crippen molar-refractivity contribution in [3.8, 4) is 0 Å². The molecule has 0 aromatic rings. The van der Waals surface area contributed by atoms with Crippen LogP contribution in [0, 0.1) is 0 Å². The molecule has 4 unspecified atom stereocenters. The number of unbranched alkanes of at least 4 members (excludes halogenated alkanes) is 3. The molecule has 0 bridgehead atoms. The molecule has 21 heavy (non-hydrogen) atoms. The standard InChI is InChI=1S/C14H27F3O4/c1-2-7-10(18)13(21)11(19)8-5-3-4-6-9-12(20)14(15,16)17/h10-13,18-21H,2-9H2,1H3. The summed E-state index contributed by atoms with van der Waals surface area (Å²) in [5.74, 6) is 0. The van der Waals surface area contributed by atoms with Crippen LogP contribution in [0.15, 0.2) is 0 Å². The zero-order valence-corrected chi connectivity index (χ0v) is 12.4. The van der Waals surface area contributed by atoms with Crippen LogP contribution in [0.25, 0.3) is 0 Å². The molecule has 0 aliphatic rings. The van der Waals surface area contributed by atoms with Gasteiger partial charge in [-0.3, -0.25) is 0 Å². The topological polar surface area (TPSA) is 80.9 Å². The maximum absolute atomic E-state index is 12.0. The lowest BCUT2D eigenvalue weighted by molar-refractivity contribution is -0.205. The molecular weight excluding hydrogens is 289 g/mol. The molecule has 4 atom stereocenters. The van der Waals surface area contributed by atoms with Gasteiger partial charge in [0.05, 0.1) is 12.2 Å². The molecule has 0 spiro atoms. The summed E-state index contributed by atoms with van der Waals surface area (Å²) in [5.41, 5.74) is 0. The van der Waals surface area contributed by atoms with Gasteiger partial charge < -0.3 is 20.4 Å². The molecule has 0 aromatic carbocycles. The monoisotopic (exact) mass is 316 g/mol. The van der Waals surface area contributed by atoms with Gasteiger partial charge in [0, 0.05) is 0 Å². The fraction of sp³-hybridized carbons (Fsp3) is 1.00. The highest BCUT2D eigenvalue weighted by Gasteiger charge is 2.37. The molecule has 4 N–H and O–H groups in total. The summed E-state index contributed by atoms with van der Waals surface area (Å²) in [6, 6.07) is 0. The molecule has 0 rings (SSSR count). The van der Waals surface area contributed by atoms with E-state index in [0.717, 1.165) is 0 Å². The van der Waals surface area contributed by atoms with Crippen molar-refractivity contribution in [3.05, 3.63) is 0 Å². The third kappa shape index (κ3) is 9.29. The maximum Gasteiger partial charge on any atom is 0.414 e. The van der Waals surface area contributed by atoms with Crippen LogP contribution in [-0.2, 0) is 0 Å². The summed E-state index contributed by atoms with van der Waals surface area (Å²) in [6.07, 6.45) is -6.95. The van der Waals surface area contributed by atoms with Crippen molar-refractivity contribution in [2.45, 2.75) is 88.9 Å². The SMILES string of the molecule is CCCC(O)C(O)C(O)CCCCCCC(O)C(F)(F)F. The van der Waals surface area contributed by atoms with Crippen LogP contribution in [0.5, 0.6) is 0 Å². The molecule has 0 aromatic heterocycles. The Morgan fingerprint density at radius 1 is 0.762 bits per heavy atom. The molecule has 0 saturated carbocycles. The van der Waals surface area contributed by atoms with Crippen molar-refractivity contribution in [2.75, 3.05) is 0 Å². The summed E-state index contributed by atoms with van der Waals surface area (Å²) in [6.45, 7) is 1.86. The Morgan fingerprint density at radius 3 is 1.71 bits per heavy atom. The van der Waals surface area contributed by atoms with E-state index in [4.69, 9.17) is 5.11 Å². The van der Waals surface area contributed by atoms with Gasteiger partial charge in [-0.1, -0.05) is 39.0 Å². The van der Waals surface area contributed by atoms with E-state index >= 15 is 0 Å². The molecule has 0 radical (unpaired) electrons. The summed E-state index contributed by atoms with van der Waals surface area (Å²) in [4.78, 5) is 0. The molecule has 0 heterocycles. The average molecular weight is 316 g/mol. The zero-order chi connectivity index (χ0) is 16.5.